The second-order valence-electron chi connectivity index (χ2n) is 6.23. The highest BCUT2D eigenvalue weighted by atomic mass is 35.5. The highest BCUT2D eigenvalue weighted by molar-refractivity contribution is 6.30. The van der Waals surface area contributed by atoms with E-state index in [-0.39, 0.29) is 25.2 Å². The number of urea groups is 1. The average Bonchev–Trinajstić information content (AvgIpc) is 2.70. The zero-order valence-electron chi connectivity index (χ0n) is 14.5. The minimum absolute atomic E-state index is 0.0110. The van der Waals surface area contributed by atoms with Crippen LogP contribution in [0.25, 0.3) is 0 Å². The maximum atomic E-state index is 12.7. The predicted octanol–water partition coefficient (Wildman–Crippen LogP) is 2.51. The summed E-state index contributed by atoms with van der Waals surface area (Å²) in [6, 6.07) is 12.2. The van der Waals surface area contributed by atoms with Crippen molar-refractivity contribution in [3.05, 3.63) is 64.9 Å². The number of carboxylic acid groups (broad SMARTS) is 1. The number of nitrogens with one attached hydrogen (secondary N) is 1. The molecule has 27 heavy (non-hydrogen) atoms. The van der Waals surface area contributed by atoms with E-state index in [1.165, 1.54) is 4.90 Å². The van der Waals surface area contributed by atoms with E-state index in [9.17, 15) is 9.59 Å². The van der Waals surface area contributed by atoms with Gasteiger partial charge in [0.15, 0.2) is 6.10 Å². The van der Waals surface area contributed by atoms with Gasteiger partial charge in [0.1, 0.15) is 0 Å². The first-order valence-corrected chi connectivity index (χ1v) is 8.96. The van der Waals surface area contributed by atoms with Gasteiger partial charge in [-0.25, -0.2) is 9.59 Å². The van der Waals surface area contributed by atoms with Gasteiger partial charge in [-0.1, -0.05) is 29.8 Å². The van der Waals surface area contributed by atoms with Gasteiger partial charge in [-0.05, 0) is 36.2 Å². The topological polar surface area (TPSA) is 91.8 Å². The predicted molar refractivity (Wildman–Crippen MR) is 99.6 cm³/mol. The summed E-state index contributed by atoms with van der Waals surface area (Å²) in [7, 11) is 0. The van der Waals surface area contributed by atoms with E-state index >= 15 is 0 Å². The zero-order valence-corrected chi connectivity index (χ0v) is 15.3. The van der Waals surface area contributed by atoms with Crippen LogP contribution in [-0.2, 0) is 16.0 Å². The molecular weight excluding hydrogens is 370 g/mol. The molecule has 1 aromatic carbocycles. The normalized spacial score (nSPS) is 18.0. The smallest absolute Gasteiger partial charge is 0.334 e. The van der Waals surface area contributed by atoms with Gasteiger partial charge in [0.25, 0.3) is 0 Å². The molecule has 2 aromatic rings. The van der Waals surface area contributed by atoms with E-state index in [0.717, 1.165) is 11.3 Å². The molecule has 1 saturated heterocycles. The molecule has 2 atom stereocenters. The third-order valence-electron chi connectivity index (χ3n) is 4.32. The first-order valence-electron chi connectivity index (χ1n) is 8.58. The number of amides is 2. The third kappa shape index (κ3) is 5.18. The van der Waals surface area contributed by atoms with Gasteiger partial charge in [0.2, 0.25) is 0 Å². The summed E-state index contributed by atoms with van der Waals surface area (Å²) < 4.78 is 5.17. The van der Waals surface area contributed by atoms with E-state index in [4.69, 9.17) is 21.4 Å². The van der Waals surface area contributed by atoms with Gasteiger partial charge in [0.05, 0.1) is 24.9 Å². The Morgan fingerprint density at radius 2 is 2.07 bits per heavy atom. The fourth-order valence-corrected chi connectivity index (χ4v) is 3.02. The Hall–Kier alpha value is -2.64. The number of carbonyl (C=O) groups excluding carboxylic acids is 1. The monoisotopic (exact) mass is 389 g/mol. The maximum absolute atomic E-state index is 12.7. The number of aliphatic carboxylic acids is 1. The third-order valence-corrected chi connectivity index (χ3v) is 4.58. The summed E-state index contributed by atoms with van der Waals surface area (Å²) in [5, 5.41) is 12.7. The molecule has 1 aromatic heterocycles. The van der Waals surface area contributed by atoms with Crippen LogP contribution in [0.3, 0.4) is 0 Å². The lowest BCUT2D eigenvalue weighted by Crippen LogP contribution is -2.52. The summed E-state index contributed by atoms with van der Waals surface area (Å²) in [4.78, 5) is 29.7. The number of hydrogen-bond donors (Lipinski definition) is 2. The minimum Gasteiger partial charge on any atom is -0.479 e. The largest absolute Gasteiger partial charge is 0.479 e. The summed E-state index contributed by atoms with van der Waals surface area (Å²) in [6.07, 6.45) is 1.20. The van der Waals surface area contributed by atoms with Crippen LogP contribution in [0.1, 0.15) is 17.3 Å². The molecule has 0 radical (unpaired) electrons. The molecule has 2 heterocycles. The highest BCUT2D eigenvalue weighted by Crippen LogP contribution is 2.19. The summed E-state index contributed by atoms with van der Waals surface area (Å²) in [6.45, 7) is 0.540. The number of aromatic nitrogens is 1. The van der Waals surface area contributed by atoms with Crippen molar-refractivity contribution >= 4 is 23.6 Å². The van der Waals surface area contributed by atoms with Crippen LogP contribution in [0, 0.1) is 0 Å². The number of halogens is 1. The van der Waals surface area contributed by atoms with Gasteiger partial charge in [-0.15, -0.1) is 0 Å². The number of morpholine rings is 1. The molecule has 3 rings (SSSR count). The average molecular weight is 390 g/mol. The number of nitrogens with zero attached hydrogens (tertiary/aromatic N) is 2. The van der Waals surface area contributed by atoms with Gasteiger partial charge < -0.3 is 20.1 Å². The zero-order chi connectivity index (χ0) is 19.2. The van der Waals surface area contributed by atoms with Gasteiger partial charge in [0, 0.05) is 17.8 Å². The van der Waals surface area contributed by atoms with Crippen molar-refractivity contribution in [2.24, 2.45) is 0 Å². The van der Waals surface area contributed by atoms with Crippen molar-refractivity contribution in [1.82, 2.24) is 15.2 Å². The van der Waals surface area contributed by atoms with E-state index in [1.807, 2.05) is 30.3 Å². The Kier molecular flexibility index (Phi) is 6.26. The van der Waals surface area contributed by atoms with Crippen LogP contribution >= 0.6 is 11.6 Å². The van der Waals surface area contributed by atoms with Crippen molar-refractivity contribution in [2.75, 3.05) is 19.7 Å². The molecule has 1 aliphatic heterocycles. The Bertz CT molecular complexity index is 785. The van der Waals surface area contributed by atoms with Crippen molar-refractivity contribution < 1.29 is 19.4 Å². The van der Waals surface area contributed by atoms with Crippen molar-refractivity contribution in [3.63, 3.8) is 0 Å². The standard InChI is InChI=1S/C19H20ClN3O4/c20-14-6-4-13(5-7-14)11-16(15-3-1-2-8-21-15)22-19(26)23-9-10-27-17(12-23)18(24)25/h1-8,16-17H,9-12H2,(H,22,26)(H,24,25). The number of benzene rings is 1. The van der Waals surface area contributed by atoms with E-state index in [1.54, 1.807) is 18.3 Å². The highest BCUT2D eigenvalue weighted by Gasteiger charge is 2.30. The lowest BCUT2D eigenvalue weighted by atomic mass is 10.0. The van der Waals surface area contributed by atoms with E-state index < -0.39 is 12.1 Å². The molecule has 8 heteroatoms. The molecule has 0 spiro atoms. The van der Waals surface area contributed by atoms with Crippen LogP contribution in [0.5, 0.6) is 0 Å². The Balaban J connectivity index is 1.73. The second kappa shape index (κ2) is 8.83. The number of ether oxygens (including phenoxy) is 1. The second-order valence-corrected chi connectivity index (χ2v) is 6.67. The van der Waals surface area contributed by atoms with Crippen LogP contribution in [-0.4, -0.2) is 52.8 Å². The SMILES string of the molecule is O=C(O)C1CN(C(=O)NC(Cc2ccc(Cl)cc2)c2ccccn2)CCO1. The molecule has 2 unspecified atom stereocenters. The fraction of sp³-hybridized carbons (Fsp3) is 0.316. The molecule has 142 valence electrons. The molecule has 0 aliphatic carbocycles. The molecule has 1 aliphatic rings. The minimum atomic E-state index is -1.07. The van der Waals surface area contributed by atoms with Crippen LogP contribution in [0.4, 0.5) is 4.79 Å². The Morgan fingerprint density at radius 3 is 2.74 bits per heavy atom. The van der Waals surface area contributed by atoms with Gasteiger partial charge in [-0.3, -0.25) is 4.98 Å². The molecule has 0 saturated carbocycles. The maximum Gasteiger partial charge on any atom is 0.334 e. The molecule has 2 N–H and O–H groups in total. The number of pyridine rings is 1. The van der Waals surface area contributed by atoms with E-state index in [2.05, 4.69) is 10.3 Å². The summed E-state index contributed by atoms with van der Waals surface area (Å²) in [5.74, 6) is -1.07. The van der Waals surface area contributed by atoms with Crippen molar-refractivity contribution in [1.29, 1.82) is 0 Å². The summed E-state index contributed by atoms with van der Waals surface area (Å²) in [5.41, 5.74) is 1.73. The molecule has 7 nitrogen and oxygen atoms in total. The van der Waals surface area contributed by atoms with Crippen molar-refractivity contribution in [2.45, 2.75) is 18.6 Å². The molecule has 1 fully saturated rings. The molecular formula is C19H20ClN3O4. The Labute approximate surface area is 161 Å². The lowest BCUT2D eigenvalue weighted by molar-refractivity contribution is -0.154. The fourth-order valence-electron chi connectivity index (χ4n) is 2.89. The van der Waals surface area contributed by atoms with E-state index in [0.29, 0.717) is 18.0 Å². The molecule has 2 amide bonds. The van der Waals surface area contributed by atoms with Crippen molar-refractivity contribution in [3.8, 4) is 0 Å². The van der Waals surface area contributed by atoms with Gasteiger partial charge >= 0.3 is 12.0 Å². The molecule has 0 bridgehead atoms. The number of hydrogen-bond acceptors (Lipinski definition) is 4. The Morgan fingerprint density at radius 1 is 1.30 bits per heavy atom. The lowest BCUT2D eigenvalue weighted by Gasteiger charge is -2.32. The first-order chi connectivity index (χ1) is 13.0. The van der Waals surface area contributed by atoms with Crippen LogP contribution < -0.4 is 5.32 Å². The van der Waals surface area contributed by atoms with Crippen LogP contribution in [0.2, 0.25) is 5.02 Å². The first kappa shape index (κ1) is 19.1. The number of rotatable bonds is 5. The number of carbonyl (C=O) groups is 2. The quantitative estimate of drug-likeness (QED) is 0.819. The van der Waals surface area contributed by atoms with Gasteiger partial charge in [-0.2, -0.15) is 0 Å². The number of carboxylic acids is 1. The van der Waals surface area contributed by atoms with Crippen LogP contribution in [0.15, 0.2) is 48.7 Å². The summed E-state index contributed by atoms with van der Waals surface area (Å²) >= 11 is 5.94.